The first-order chi connectivity index (χ1) is 7.03. The first-order valence-corrected chi connectivity index (χ1v) is 6.12. The molecular formula is C12H25NO2. The van der Waals surface area contributed by atoms with Gasteiger partial charge in [-0.1, -0.05) is 13.3 Å². The zero-order chi connectivity index (χ0) is 11.3. The van der Waals surface area contributed by atoms with E-state index >= 15 is 0 Å². The molecule has 0 aromatic carbocycles. The van der Waals surface area contributed by atoms with Crippen LogP contribution in [0, 0.1) is 0 Å². The maximum Gasteiger partial charge on any atom is 0.0743 e. The van der Waals surface area contributed by atoms with Gasteiger partial charge in [-0.3, -0.25) is 0 Å². The van der Waals surface area contributed by atoms with Gasteiger partial charge in [-0.15, -0.1) is 0 Å². The lowest BCUT2D eigenvalue weighted by Crippen LogP contribution is -2.40. The number of rotatable bonds is 6. The monoisotopic (exact) mass is 215 g/mol. The van der Waals surface area contributed by atoms with Crippen LogP contribution in [0.4, 0.5) is 0 Å². The smallest absolute Gasteiger partial charge is 0.0743 e. The normalized spacial score (nSPS) is 30.4. The predicted octanol–water partition coefficient (Wildman–Crippen LogP) is 1.69. The lowest BCUT2D eigenvalue weighted by atomic mass is 10.0. The Hall–Kier alpha value is -0.120. The molecule has 0 amide bonds. The highest BCUT2D eigenvalue weighted by Crippen LogP contribution is 2.18. The molecule has 0 aromatic heterocycles. The lowest BCUT2D eigenvalue weighted by molar-refractivity contribution is 0.0334. The molecule has 0 bridgehead atoms. The molecule has 15 heavy (non-hydrogen) atoms. The third-order valence-electron chi connectivity index (χ3n) is 2.99. The molecule has 3 unspecified atom stereocenters. The molecule has 0 saturated carbocycles. The van der Waals surface area contributed by atoms with Crippen LogP contribution < -0.4 is 5.32 Å². The van der Waals surface area contributed by atoms with Gasteiger partial charge in [0.25, 0.3) is 0 Å². The molecule has 1 aliphatic rings. The minimum Gasteiger partial charge on any atom is -0.389 e. The third-order valence-corrected chi connectivity index (χ3v) is 2.99. The maximum atomic E-state index is 9.94. The third kappa shape index (κ3) is 4.96. The molecule has 0 aromatic rings. The SMILES string of the molecule is CCCC(C)(O)CNCC1CCC(C)O1. The molecular weight excluding hydrogens is 190 g/mol. The summed E-state index contributed by atoms with van der Waals surface area (Å²) in [6.07, 6.45) is 4.93. The van der Waals surface area contributed by atoms with Crippen LogP contribution in [0.25, 0.3) is 0 Å². The summed E-state index contributed by atoms with van der Waals surface area (Å²) in [5, 5.41) is 13.2. The van der Waals surface area contributed by atoms with Crippen molar-refractivity contribution in [2.75, 3.05) is 13.1 Å². The van der Waals surface area contributed by atoms with Crippen LogP contribution in [0.5, 0.6) is 0 Å². The Morgan fingerprint density at radius 1 is 1.47 bits per heavy atom. The number of aliphatic hydroxyl groups is 1. The zero-order valence-electron chi connectivity index (χ0n) is 10.3. The minimum atomic E-state index is -0.570. The number of nitrogens with one attached hydrogen (secondary N) is 1. The maximum absolute atomic E-state index is 9.94. The summed E-state index contributed by atoms with van der Waals surface area (Å²) in [7, 11) is 0. The van der Waals surface area contributed by atoms with Gasteiger partial charge in [0.2, 0.25) is 0 Å². The van der Waals surface area contributed by atoms with Crippen LogP contribution >= 0.6 is 0 Å². The highest BCUT2D eigenvalue weighted by Gasteiger charge is 2.23. The zero-order valence-corrected chi connectivity index (χ0v) is 10.3. The number of hydrogen-bond donors (Lipinski definition) is 2. The van der Waals surface area contributed by atoms with Gasteiger partial charge in [0.15, 0.2) is 0 Å². The van der Waals surface area contributed by atoms with Gasteiger partial charge in [-0.05, 0) is 33.1 Å². The van der Waals surface area contributed by atoms with Gasteiger partial charge in [0, 0.05) is 13.1 Å². The van der Waals surface area contributed by atoms with Crippen molar-refractivity contribution in [1.82, 2.24) is 5.32 Å². The second kappa shape index (κ2) is 5.83. The standard InChI is InChI=1S/C12H25NO2/c1-4-7-12(3,14)9-13-8-11-6-5-10(2)15-11/h10-11,13-14H,4-9H2,1-3H3. The molecule has 3 heteroatoms. The molecule has 1 rings (SSSR count). The summed E-state index contributed by atoms with van der Waals surface area (Å²) in [6, 6.07) is 0. The van der Waals surface area contributed by atoms with Crippen LogP contribution in [0.3, 0.4) is 0 Å². The van der Waals surface area contributed by atoms with Gasteiger partial charge in [-0.25, -0.2) is 0 Å². The van der Waals surface area contributed by atoms with E-state index in [1.807, 2.05) is 6.92 Å². The summed E-state index contributed by atoms with van der Waals surface area (Å²) < 4.78 is 5.69. The van der Waals surface area contributed by atoms with E-state index in [-0.39, 0.29) is 0 Å². The van der Waals surface area contributed by atoms with Gasteiger partial charge in [0.1, 0.15) is 0 Å². The molecule has 0 spiro atoms. The molecule has 3 atom stereocenters. The Labute approximate surface area is 93.2 Å². The minimum absolute atomic E-state index is 0.345. The lowest BCUT2D eigenvalue weighted by Gasteiger charge is -2.24. The van der Waals surface area contributed by atoms with Crippen molar-refractivity contribution in [2.45, 2.75) is 64.3 Å². The van der Waals surface area contributed by atoms with E-state index in [4.69, 9.17) is 4.74 Å². The van der Waals surface area contributed by atoms with Crippen molar-refractivity contribution in [3.05, 3.63) is 0 Å². The molecule has 0 radical (unpaired) electrons. The first kappa shape index (κ1) is 12.9. The van der Waals surface area contributed by atoms with E-state index < -0.39 is 5.60 Å². The van der Waals surface area contributed by atoms with Crippen LogP contribution in [0.15, 0.2) is 0 Å². The van der Waals surface area contributed by atoms with E-state index in [0.29, 0.717) is 18.8 Å². The second-order valence-corrected chi connectivity index (χ2v) is 5.02. The average Bonchev–Trinajstić information content (AvgIpc) is 2.51. The van der Waals surface area contributed by atoms with Crippen LogP contribution in [0.2, 0.25) is 0 Å². The molecule has 3 nitrogen and oxygen atoms in total. The van der Waals surface area contributed by atoms with Crippen LogP contribution in [-0.4, -0.2) is 36.0 Å². The number of ether oxygens (including phenoxy) is 1. The summed E-state index contributed by atoms with van der Waals surface area (Å²) in [4.78, 5) is 0. The molecule has 1 aliphatic heterocycles. The van der Waals surface area contributed by atoms with Crippen LogP contribution in [0.1, 0.15) is 46.5 Å². The quantitative estimate of drug-likeness (QED) is 0.708. The van der Waals surface area contributed by atoms with E-state index in [2.05, 4.69) is 19.2 Å². The molecule has 1 saturated heterocycles. The molecule has 90 valence electrons. The highest BCUT2D eigenvalue weighted by atomic mass is 16.5. The van der Waals surface area contributed by atoms with Gasteiger partial charge < -0.3 is 15.2 Å². The highest BCUT2D eigenvalue weighted by molar-refractivity contribution is 4.78. The average molecular weight is 215 g/mol. The molecule has 1 heterocycles. The van der Waals surface area contributed by atoms with E-state index in [1.165, 1.54) is 0 Å². The summed E-state index contributed by atoms with van der Waals surface area (Å²) >= 11 is 0. The fraction of sp³-hybridized carbons (Fsp3) is 1.00. The van der Waals surface area contributed by atoms with Gasteiger partial charge in [0.05, 0.1) is 17.8 Å². The Kier molecular flexibility index (Phi) is 5.03. The Bertz CT molecular complexity index is 182. The van der Waals surface area contributed by atoms with Crippen molar-refractivity contribution in [1.29, 1.82) is 0 Å². The first-order valence-electron chi connectivity index (χ1n) is 6.12. The Balaban J connectivity index is 2.10. The fourth-order valence-corrected chi connectivity index (χ4v) is 2.16. The van der Waals surface area contributed by atoms with E-state index in [9.17, 15) is 5.11 Å². The van der Waals surface area contributed by atoms with Crippen molar-refractivity contribution in [3.8, 4) is 0 Å². The Morgan fingerprint density at radius 3 is 2.73 bits per heavy atom. The Morgan fingerprint density at radius 2 is 2.20 bits per heavy atom. The topological polar surface area (TPSA) is 41.5 Å². The summed E-state index contributed by atoms with van der Waals surface area (Å²) in [6.45, 7) is 7.63. The van der Waals surface area contributed by atoms with Crippen molar-refractivity contribution < 1.29 is 9.84 Å². The molecule has 2 N–H and O–H groups in total. The van der Waals surface area contributed by atoms with Gasteiger partial charge >= 0.3 is 0 Å². The molecule has 0 aliphatic carbocycles. The van der Waals surface area contributed by atoms with Gasteiger partial charge in [-0.2, -0.15) is 0 Å². The van der Waals surface area contributed by atoms with Crippen molar-refractivity contribution in [3.63, 3.8) is 0 Å². The molecule has 1 fully saturated rings. The summed E-state index contributed by atoms with van der Waals surface area (Å²) in [5.41, 5.74) is -0.570. The number of hydrogen-bond acceptors (Lipinski definition) is 3. The van der Waals surface area contributed by atoms with Crippen LogP contribution in [-0.2, 0) is 4.74 Å². The van der Waals surface area contributed by atoms with E-state index in [0.717, 1.165) is 32.2 Å². The van der Waals surface area contributed by atoms with Crippen molar-refractivity contribution in [2.24, 2.45) is 0 Å². The summed E-state index contributed by atoms with van der Waals surface area (Å²) in [5.74, 6) is 0. The predicted molar refractivity (Wildman–Crippen MR) is 62.0 cm³/mol. The largest absolute Gasteiger partial charge is 0.389 e. The fourth-order valence-electron chi connectivity index (χ4n) is 2.16. The van der Waals surface area contributed by atoms with Crippen molar-refractivity contribution >= 4 is 0 Å². The van der Waals surface area contributed by atoms with E-state index in [1.54, 1.807) is 0 Å². The second-order valence-electron chi connectivity index (χ2n) is 5.02.